The summed E-state index contributed by atoms with van der Waals surface area (Å²) in [5.74, 6) is 0.260. The van der Waals surface area contributed by atoms with Crippen molar-refractivity contribution < 1.29 is 4.39 Å². The van der Waals surface area contributed by atoms with Crippen LogP contribution in [-0.2, 0) is 0 Å². The number of halogens is 2. The third-order valence-corrected chi connectivity index (χ3v) is 3.21. The lowest BCUT2D eigenvalue weighted by Crippen LogP contribution is -2.30. The molecule has 0 saturated heterocycles. The first kappa shape index (κ1) is 12.2. The Morgan fingerprint density at radius 1 is 1.53 bits per heavy atom. The average Bonchev–Trinajstić information content (AvgIpc) is 2.96. The van der Waals surface area contributed by atoms with Gasteiger partial charge in [0, 0.05) is 30.6 Å². The zero-order valence-corrected chi connectivity index (χ0v) is 10.6. The maximum Gasteiger partial charge on any atom is 0.191 e. The first-order valence-electron chi connectivity index (χ1n) is 5.45. The molecule has 0 bridgehead atoms. The van der Waals surface area contributed by atoms with Gasteiger partial charge in [-0.3, -0.25) is 0 Å². The second kappa shape index (κ2) is 4.53. The van der Waals surface area contributed by atoms with Crippen molar-refractivity contribution in [3.63, 3.8) is 0 Å². The SMILES string of the molecule is CN(C)C(N)=N[C@@H]1C[C@H]1c1c(F)cccc1Cl. The third kappa shape index (κ3) is 2.52. The molecule has 17 heavy (non-hydrogen) atoms. The quantitative estimate of drug-likeness (QED) is 0.650. The van der Waals surface area contributed by atoms with Crippen molar-refractivity contribution in [2.75, 3.05) is 14.1 Å². The molecule has 0 heterocycles. The topological polar surface area (TPSA) is 41.6 Å². The highest BCUT2D eigenvalue weighted by atomic mass is 35.5. The summed E-state index contributed by atoms with van der Waals surface area (Å²) in [7, 11) is 3.65. The van der Waals surface area contributed by atoms with Crippen LogP contribution in [0.3, 0.4) is 0 Å². The van der Waals surface area contributed by atoms with E-state index in [4.69, 9.17) is 17.3 Å². The fourth-order valence-electron chi connectivity index (χ4n) is 1.78. The van der Waals surface area contributed by atoms with Crippen LogP contribution >= 0.6 is 11.6 Å². The van der Waals surface area contributed by atoms with E-state index < -0.39 is 0 Å². The van der Waals surface area contributed by atoms with Crippen LogP contribution < -0.4 is 5.73 Å². The molecular formula is C12H15ClFN3. The van der Waals surface area contributed by atoms with Gasteiger partial charge in [0.2, 0.25) is 0 Å². The van der Waals surface area contributed by atoms with Crippen molar-refractivity contribution in [1.29, 1.82) is 0 Å². The molecule has 0 radical (unpaired) electrons. The van der Waals surface area contributed by atoms with E-state index in [2.05, 4.69) is 4.99 Å². The second-order valence-corrected chi connectivity index (χ2v) is 4.83. The van der Waals surface area contributed by atoms with Gasteiger partial charge in [-0.05, 0) is 18.6 Å². The van der Waals surface area contributed by atoms with Gasteiger partial charge >= 0.3 is 0 Å². The Labute approximate surface area is 105 Å². The molecule has 5 heteroatoms. The van der Waals surface area contributed by atoms with E-state index in [1.165, 1.54) is 6.07 Å². The predicted molar refractivity (Wildman–Crippen MR) is 67.9 cm³/mol. The van der Waals surface area contributed by atoms with Gasteiger partial charge in [-0.1, -0.05) is 17.7 Å². The molecule has 0 amide bonds. The van der Waals surface area contributed by atoms with E-state index >= 15 is 0 Å². The highest BCUT2D eigenvalue weighted by Gasteiger charge is 2.41. The lowest BCUT2D eigenvalue weighted by Gasteiger charge is -2.10. The largest absolute Gasteiger partial charge is 0.370 e. The Hall–Kier alpha value is -1.29. The monoisotopic (exact) mass is 255 g/mol. The molecule has 1 aliphatic rings. The molecule has 1 aromatic carbocycles. The predicted octanol–water partition coefficient (Wildman–Crippen LogP) is 2.21. The standard InChI is InChI=1S/C12H15ClFN3/c1-17(2)12(15)16-10-6-7(10)11-8(13)4-3-5-9(11)14/h3-5,7,10H,6H2,1-2H3,(H2,15,16)/t7-,10-/m1/s1. The van der Waals surface area contributed by atoms with Crippen molar-refractivity contribution in [3.05, 3.63) is 34.6 Å². The van der Waals surface area contributed by atoms with E-state index in [1.807, 2.05) is 14.1 Å². The number of nitrogens with zero attached hydrogens (tertiary/aromatic N) is 2. The summed E-state index contributed by atoms with van der Waals surface area (Å²) >= 11 is 6.00. The molecule has 0 aliphatic heterocycles. The number of hydrogen-bond donors (Lipinski definition) is 1. The van der Waals surface area contributed by atoms with E-state index in [-0.39, 0.29) is 17.8 Å². The van der Waals surface area contributed by atoms with Crippen molar-refractivity contribution in [2.24, 2.45) is 10.7 Å². The molecule has 0 aromatic heterocycles. The van der Waals surface area contributed by atoms with Crippen molar-refractivity contribution in [1.82, 2.24) is 4.90 Å². The number of hydrogen-bond acceptors (Lipinski definition) is 1. The van der Waals surface area contributed by atoms with E-state index in [1.54, 1.807) is 17.0 Å². The highest BCUT2D eigenvalue weighted by Crippen LogP contribution is 2.47. The summed E-state index contributed by atoms with van der Waals surface area (Å²) in [5, 5.41) is 0.469. The van der Waals surface area contributed by atoms with Gasteiger partial charge in [-0.25, -0.2) is 9.38 Å². The minimum Gasteiger partial charge on any atom is -0.370 e. The highest BCUT2D eigenvalue weighted by molar-refractivity contribution is 6.31. The summed E-state index contributed by atoms with van der Waals surface area (Å²) in [6, 6.07) is 4.78. The molecule has 1 aromatic rings. The molecule has 0 spiro atoms. The fourth-order valence-corrected chi connectivity index (χ4v) is 2.09. The van der Waals surface area contributed by atoms with Crippen LogP contribution in [0.5, 0.6) is 0 Å². The summed E-state index contributed by atoms with van der Waals surface area (Å²) in [4.78, 5) is 6.06. The van der Waals surface area contributed by atoms with Gasteiger partial charge in [-0.15, -0.1) is 0 Å². The number of nitrogens with two attached hydrogens (primary N) is 1. The summed E-state index contributed by atoms with van der Waals surface area (Å²) in [6.45, 7) is 0. The zero-order valence-electron chi connectivity index (χ0n) is 9.82. The number of rotatable bonds is 2. The lowest BCUT2D eigenvalue weighted by molar-refractivity contribution is 0.602. The molecule has 1 saturated carbocycles. The Kier molecular flexibility index (Phi) is 3.24. The molecule has 2 N–H and O–H groups in total. The van der Waals surface area contributed by atoms with Crippen LogP contribution in [0.2, 0.25) is 5.02 Å². The Morgan fingerprint density at radius 2 is 2.24 bits per heavy atom. The van der Waals surface area contributed by atoms with Crippen LogP contribution in [-0.4, -0.2) is 31.0 Å². The summed E-state index contributed by atoms with van der Waals surface area (Å²) < 4.78 is 13.6. The van der Waals surface area contributed by atoms with Crippen LogP contribution in [0.1, 0.15) is 17.9 Å². The molecule has 1 fully saturated rings. The summed E-state index contributed by atoms with van der Waals surface area (Å²) in [5.41, 5.74) is 6.29. The molecule has 0 unspecified atom stereocenters. The molecule has 1 aliphatic carbocycles. The normalized spacial score (nSPS) is 23.6. The summed E-state index contributed by atoms with van der Waals surface area (Å²) in [6.07, 6.45) is 0.801. The Bertz CT molecular complexity index is 439. The van der Waals surface area contributed by atoms with E-state index in [0.29, 0.717) is 16.5 Å². The maximum atomic E-state index is 13.6. The molecule has 2 atom stereocenters. The van der Waals surface area contributed by atoms with Crippen molar-refractivity contribution >= 4 is 17.6 Å². The third-order valence-electron chi connectivity index (χ3n) is 2.88. The van der Waals surface area contributed by atoms with Crippen LogP contribution in [0.25, 0.3) is 0 Å². The van der Waals surface area contributed by atoms with E-state index in [9.17, 15) is 4.39 Å². The first-order chi connectivity index (χ1) is 8.00. The van der Waals surface area contributed by atoms with Gasteiger partial charge in [0.25, 0.3) is 0 Å². The van der Waals surface area contributed by atoms with Gasteiger partial charge in [0.1, 0.15) is 5.82 Å². The fraction of sp³-hybridized carbons (Fsp3) is 0.417. The van der Waals surface area contributed by atoms with E-state index in [0.717, 1.165) is 6.42 Å². The molecule has 92 valence electrons. The second-order valence-electron chi connectivity index (χ2n) is 4.43. The maximum absolute atomic E-state index is 13.6. The Balaban J connectivity index is 2.16. The zero-order chi connectivity index (χ0) is 12.6. The van der Waals surface area contributed by atoms with Crippen molar-refractivity contribution in [3.8, 4) is 0 Å². The molecular weight excluding hydrogens is 241 g/mol. The minimum atomic E-state index is -0.261. The van der Waals surface area contributed by atoms with Gasteiger partial charge in [0.15, 0.2) is 5.96 Å². The number of aliphatic imine (C=N–C) groups is 1. The first-order valence-corrected chi connectivity index (χ1v) is 5.83. The van der Waals surface area contributed by atoms with Gasteiger partial charge in [0.05, 0.1) is 6.04 Å². The average molecular weight is 256 g/mol. The lowest BCUT2D eigenvalue weighted by atomic mass is 10.1. The van der Waals surface area contributed by atoms with Crippen LogP contribution in [0.15, 0.2) is 23.2 Å². The van der Waals surface area contributed by atoms with Gasteiger partial charge < -0.3 is 10.6 Å². The smallest absolute Gasteiger partial charge is 0.191 e. The number of guanidine groups is 1. The van der Waals surface area contributed by atoms with Gasteiger partial charge in [-0.2, -0.15) is 0 Å². The number of benzene rings is 1. The van der Waals surface area contributed by atoms with Crippen molar-refractivity contribution in [2.45, 2.75) is 18.4 Å². The van der Waals surface area contributed by atoms with Crippen LogP contribution in [0, 0.1) is 5.82 Å². The Morgan fingerprint density at radius 3 is 2.82 bits per heavy atom. The molecule has 2 rings (SSSR count). The minimum absolute atomic E-state index is 0.0480. The molecule has 3 nitrogen and oxygen atoms in total. The van der Waals surface area contributed by atoms with Crippen LogP contribution in [0.4, 0.5) is 4.39 Å².